The van der Waals surface area contributed by atoms with Gasteiger partial charge in [-0.05, 0) is 38.8 Å². The molecule has 0 aliphatic carbocycles. The number of rotatable bonds is 6. The normalized spacial score (nSPS) is 12.5. The van der Waals surface area contributed by atoms with Crippen LogP contribution in [0, 0.1) is 12.7 Å². The molecular weight excluding hydrogens is 446 g/mol. The van der Waals surface area contributed by atoms with E-state index in [2.05, 4.69) is 45.6 Å². The summed E-state index contributed by atoms with van der Waals surface area (Å²) in [4.78, 5) is 13.6. The van der Waals surface area contributed by atoms with E-state index in [0.29, 0.717) is 33.0 Å². The molecule has 32 heavy (non-hydrogen) atoms. The maximum Gasteiger partial charge on any atom is 0.151 e. The fourth-order valence-corrected chi connectivity index (χ4v) is 4.45. The highest BCUT2D eigenvalue weighted by atomic mass is 35.5. The standard InChI is InChI=1S/C23H25ClFN6P/c1-6-17(15-11-27-31(3)12-15)29-23-20(24)13(2)28-18-9-16(25)21(30-22(18)23)14-7-8-19(26-10-14)32(4)5/h7-12,17H,6H2,1-5H3,(H,28,29). The van der Waals surface area contributed by atoms with E-state index in [-0.39, 0.29) is 19.7 Å². The number of fused-ring (bicyclic) bond motifs is 1. The third-order valence-electron chi connectivity index (χ3n) is 5.35. The maximum absolute atomic E-state index is 15.0. The SMILES string of the molecule is CCC(Nc1c(Cl)c(C)nc2cc(F)c(-c3ccc(P(C)C)nc3)nc12)c1cnn(C)c1. The topological polar surface area (TPSA) is 68.5 Å². The minimum atomic E-state index is -0.443. The van der Waals surface area contributed by atoms with Gasteiger partial charge in [0.1, 0.15) is 11.2 Å². The van der Waals surface area contributed by atoms with Gasteiger partial charge in [-0.1, -0.05) is 26.4 Å². The molecule has 1 unspecified atom stereocenters. The van der Waals surface area contributed by atoms with Crippen molar-refractivity contribution in [2.75, 3.05) is 18.6 Å². The van der Waals surface area contributed by atoms with Crippen molar-refractivity contribution in [3.05, 3.63) is 58.9 Å². The van der Waals surface area contributed by atoms with Crippen molar-refractivity contribution < 1.29 is 4.39 Å². The Morgan fingerprint density at radius 1 is 1.22 bits per heavy atom. The zero-order chi connectivity index (χ0) is 23.0. The van der Waals surface area contributed by atoms with Crippen LogP contribution in [0.1, 0.15) is 30.6 Å². The molecule has 9 heteroatoms. The largest absolute Gasteiger partial charge is 0.375 e. The van der Waals surface area contributed by atoms with Crippen LogP contribution >= 0.6 is 19.5 Å². The van der Waals surface area contributed by atoms with Crippen molar-refractivity contribution in [1.29, 1.82) is 0 Å². The van der Waals surface area contributed by atoms with Crippen LogP contribution < -0.4 is 10.8 Å². The van der Waals surface area contributed by atoms with Crippen LogP contribution in [0.4, 0.5) is 10.1 Å². The van der Waals surface area contributed by atoms with Gasteiger partial charge in [-0.25, -0.2) is 14.4 Å². The molecule has 0 aliphatic rings. The summed E-state index contributed by atoms with van der Waals surface area (Å²) in [7, 11) is 1.55. The lowest BCUT2D eigenvalue weighted by Gasteiger charge is -2.20. The highest BCUT2D eigenvalue weighted by molar-refractivity contribution is 7.63. The van der Waals surface area contributed by atoms with E-state index in [4.69, 9.17) is 11.6 Å². The minimum absolute atomic E-state index is 0.0317. The summed E-state index contributed by atoms with van der Waals surface area (Å²) in [6.07, 6.45) is 6.28. The van der Waals surface area contributed by atoms with E-state index in [1.807, 2.05) is 31.6 Å². The van der Waals surface area contributed by atoms with Crippen molar-refractivity contribution >= 4 is 41.7 Å². The lowest BCUT2D eigenvalue weighted by molar-refractivity contribution is 0.628. The summed E-state index contributed by atoms with van der Waals surface area (Å²) in [5.41, 5.74) is 5.12. The van der Waals surface area contributed by atoms with Crippen LogP contribution in [-0.4, -0.2) is 38.1 Å². The lowest BCUT2D eigenvalue weighted by atomic mass is 10.1. The Balaban J connectivity index is 1.84. The molecule has 0 bridgehead atoms. The van der Waals surface area contributed by atoms with Crippen LogP contribution in [0.25, 0.3) is 22.3 Å². The number of anilines is 1. The van der Waals surface area contributed by atoms with Crippen molar-refractivity contribution in [1.82, 2.24) is 24.7 Å². The lowest BCUT2D eigenvalue weighted by Crippen LogP contribution is -2.11. The quantitative estimate of drug-likeness (QED) is 0.379. The number of pyridine rings is 3. The molecule has 6 nitrogen and oxygen atoms in total. The first kappa shape index (κ1) is 22.6. The van der Waals surface area contributed by atoms with Crippen molar-refractivity contribution in [2.24, 2.45) is 7.05 Å². The second-order valence-corrected chi connectivity index (χ2v) is 10.5. The third-order valence-corrected chi connectivity index (χ3v) is 6.99. The molecule has 0 amide bonds. The summed E-state index contributed by atoms with van der Waals surface area (Å²) in [5, 5.41) is 8.26. The smallest absolute Gasteiger partial charge is 0.151 e. The second kappa shape index (κ2) is 9.08. The third kappa shape index (κ3) is 4.32. The molecule has 1 N–H and O–H groups in total. The predicted octanol–water partition coefficient (Wildman–Crippen LogP) is 5.46. The predicted molar refractivity (Wildman–Crippen MR) is 131 cm³/mol. The average molecular weight is 471 g/mol. The number of hydrogen-bond donors (Lipinski definition) is 1. The van der Waals surface area contributed by atoms with Crippen LogP contribution in [0.5, 0.6) is 0 Å². The van der Waals surface area contributed by atoms with Gasteiger partial charge in [0, 0.05) is 36.6 Å². The van der Waals surface area contributed by atoms with Gasteiger partial charge in [-0.15, -0.1) is 0 Å². The fourth-order valence-electron chi connectivity index (χ4n) is 3.60. The molecule has 4 aromatic heterocycles. The van der Waals surface area contributed by atoms with Gasteiger partial charge in [0.2, 0.25) is 0 Å². The molecule has 166 valence electrons. The van der Waals surface area contributed by atoms with Crippen LogP contribution in [-0.2, 0) is 7.05 Å². The van der Waals surface area contributed by atoms with E-state index in [1.54, 1.807) is 17.8 Å². The first-order valence-electron chi connectivity index (χ1n) is 10.3. The number of halogens is 2. The Morgan fingerprint density at radius 3 is 2.59 bits per heavy atom. The van der Waals surface area contributed by atoms with Gasteiger partial charge in [0.05, 0.1) is 39.6 Å². The summed E-state index contributed by atoms with van der Waals surface area (Å²) >= 11 is 6.67. The number of aromatic nitrogens is 5. The first-order valence-corrected chi connectivity index (χ1v) is 12.9. The summed E-state index contributed by atoms with van der Waals surface area (Å²) in [6.45, 7) is 8.15. The molecule has 0 saturated heterocycles. The molecule has 4 rings (SSSR count). The van der Waals surface area contributed by atoms with Crippen LogP contribution in [0.15, 0.2) is 36.8 Å². The molecule has 0 aromatic carbocycles. The van der Waals surface area contributed by atoms with E-state index in [9.17, 15) is 0 Å². The van der Waals surface area contributed by atoms with Crippen molar-refractivity contribution in [3.63, 3.8) is 0 Å². The second-order valence-electron chi connectivity index (χ2n) is 7.92. The molecule has 0 spiro atoms. The van der Waals surface area contributed by atoms with Gasteiger partial charge >= 0.3 is 0 Å². The Labute approximate surface area is 193 Å². The van der Waals surface area contributed by atoms with Gasteiger partial charge in [0.15, 0.2) is 5.82 Å². The Morgan fingerprint density at radius 2 is 2.00 bits per heavy atom. The highest BCUT2D eigenvalue weighted by Gasteiger charge is 2.20. The number of nitrogens with one attached hydrogen (secondary N) is 1. The molecule has 4 aromatic rings. The molecule has 0 saturated carbocycles. The minimum Gasteiger partial charge on any atom is -0.375 e. The molecule has 0 aliphatic heterocycles. The summed E-state index contributed by atoms with van der Waals surface area (Å²) < 4.78 is 16.8. The Kier molecular flexibility index (Phi) is 6.40. The van der Waals surface area contributed by atoms with E-state index in [1.165, 1.54) is 6.07 Å². The highest BCUT2D eigenvalue weighted by Crippen LogP contribution is 2.36. The van der Waals surface area contributed by atoms with Gasteiger partial charge in [0.25, 0.3) is 0 Å². The first-order chi connectivity index (χ1) is 15.3. The molecule has 4 heterocycles. The molecular formula is C23H25ClFN6P. The van der Waals surface area contributed by atoms with Gasteiger partial charge < -0.3 is 5.32 Å². The average Bonchev–Trinajstić information content (AvgIpc) is 3.20. The van der Waals surface area contributed by atoms with Gasteiger partial charge in [-0.2, -0.15) is 5.10 Å². The van der Waals surface area contributed by atoms with Crippen LogP contribution in [0.2, 0.25) is 5.02 Å². The van der Waals surface area contributed by atoms with E-state index in [0.717, 1.165) is 17.4 Å². The number of hydrogen-bond acceptors (Lipinski definition) is 5. The van der Waals surface area contributed by atoms with Gasteiger partial charge in [-0.3, -0.25) is 9.67 Å². The monoisotopic (exact) mass is 470 g/mol. The van der Waals surface area contributed by atoms with Crippen molar-refractivity contribution in [2.45, 2.75) is 26.3 Å². The van der Waals surface area contributed by atoms with E-state index >= 15 is 4.39 Å². The number of nitrogens with zero attached hydrogens (tertiary/aromatic N) is 5. The zero-order valence-corrected chi connectivity index (χ0v) is 20.3. The molecule has 0 fully saturated rings. The Bertz CT molecular complexity index is 1270. The molecule has 0 radical (unpaired) electrons. The van der Waals surface area contributed by atoms with Crippen molar-refractivity contribution in [3.8, 4) is 11.3 Å². The van der Waals surface area contributed by atoms with E-state index < -0.39 is 5.82 Å². The fraction of sp³-hybridized carbons (Fsp3) is 0.304. The number of aryl methyl sites for hydroxylation is 2. The maximum atomic E-state index is 15.0. The molecule has 1 atom stereocenters. The Hall–Kier alpha value is -2.63. The summed E-state index contributed by atoms with van der Waals surface area (Å²) in [5.74, 6) is -0.443. The zero-order valence-electron chi connectivity index (χ0n) is 18.7. The summed E-state index contributed by atoms with van der Waals surface area (Å²) in [6, 6.07) is 5.18. The van der Waals surface area contributed by atoms with Crippen LogP contribution in [0.3, 0.4) is 0 Å².